The Hall–Kier alpha value is -1.32. The first-order valence-electron chi connectivity index (χ1n) is 8.21. The molecular weight excluding hydrogens is 280 g/mol. The SMILES string of the molecule is CC(C)(CCCC/C=C/CCCCC(C)(C)C(=O)O)C(=O)O. The Bertz CT molecular complexity index is 345. The minimum absolute atomic E-state index is 0.624. The zero-order chi connectivity index (χ0) is 17.2. The Labute approximate surface area is 134 Å². The van der Waals surface area contributed by atoms with Gasteiger partial charge in [0.25, 0.3) is 0 Å². The van der Waals surface area contributed by atoms with Gasteiger partial charge in [0, 0.05) is 0 Å². The summed E-state index contributed by atoms with van der Waals surface area (Å²) in [5.41, 5.74) is -1.25. The minimum atomic E-state index is -0.729. The van der Waals surface area contributed by atoms with E-state index in [-0.39, 0.29) is 0 Å². The Morgan fingerprint density at radius 2 is 1.05 bits per heavy atom. The smallest absolute Gasteiger partial charge is 0.309 e. The zero-order valence-electron chi connectivity index (χ0n) is 14.5. The summed E-state index contributed by atoms with van der Waals surface area (Å²) in [6.07, 6.45) is 11.6. The van der Waals surface area contributed by atoms with Crippen molar-refractivity contribution in [3.8, 4) is 0 Å². The van der Waals surface area contributed by atoms with Crippen LogP contribution in [0.15, 0.2) is 12.2 Å². The lowest BCUT2D eigenvalue weighted by Gasteiger charge is -2.18. The number of carboxylic acid groups (broad SMARTS) is 2. The van der Waals surface area contributed by atoms with Gasteiger partial charge in [-0.15, -0.1) is 0 Å². The Balaban J connectivity index is 3.61. The maximum Gasteiger partial charge on any atom is 0.309 e. The second-order valence-corrected chi connectivity index (χ2v) is 7.34. The molecule has 0 spiro atoms. The van der Waals surface area contributed by atoms with Crippen LogP contribution in [-0.2, 0) is 9.59 Å². The number of unbranched alkanes of at least 4 members (excludes halogenated alkanes) is 4. The predicted molar refractivity (Wildman–Crippen MR) is 88.9 cm³/mol. The molecule has 0 aliphatic carbocycles. The molecule has 0 amide bonds. The highest BCUT2D eigenvalue weighted by Crippen LogP contribution is 2.24. The van der Waals surface area contributed by atoms with Gasteiger partial charge in [0.1, 0.15) is 0 Å². The molecule has 128 valence electrons. The zero-order valence-corrected chi connectivity index (χ0v) is 14.5. The molecule has 0 heterocycles. The fraction of sp³-hybridized carbons (Fsp3) is 0.778. The summed E-state index contributed by atoms with van der Waals surface area (Å²) >= 11 is 0. The van der Waals surface area contributed by atoms with E-state index in [1.807, 2.05) is 0 Å². The van der Waals surface area contributed by atoms with Crippen LogP contribution in [-0.4, -0.2) is 22.2 Å². The van der Waals surface area contributed by atoms with Crippen molar-refractivity contribution >= 4 is 11.9 Å². The quantitative estimate of drug-likeness (QED) is 0.397. The van der Waals surface area contributed by atoms with Gasteiger partial charge in [-0.1, -0.05) is 25.0 Å². The van der Waals surface area contributed by atoms with Crippen molar-refractivity contribution in [1.29, 1.82) is 0 Å². The van der Waals surface area contributed by atoms with Crippen LogP contribution in [0.3, 0.4) is 0 Å². The second kappa shape index (κ2) is 9.65. The highest BCUT2D eigenvalue weighted by atomic mass is 16.4. The summed E-state index contributed by atoms with van der Waals surface area (Å²) in [5.74, 6) is -1.46. The van der Waals surface area contributed by atoms with Crippen molar-refractivity contribution in [2.45, 2.75) is 79.1 Å². The number of allylic oxidation sites excluding steroid dienone is 2. The maximum absolute atomic E-state index is 10.9. The first kappa shape index (κ1) is 20.7. The summed E-state index contributed by atoms with van der Waals surface area (Å²) in [6.45, 7) is 7.07. The monoisotopic (exact) mass is 312 g/mol. The van der Waals surface area contributed by atoms with E-state index in [0.717, 1.165) is 38.5 Å². The molecular formula is C18H32O4. The molecule has 0 unspecified atom stereocenters. The van der Waals surface area contributed by atoms with Crippen molar-refractivity contribution < 1.29 is 19.8 Å². The van der Waals surface area contributed by atoms with Gasteiger partial charge in [-0.3, -0.25) is 9.59 Å². The maximum atomic E-state index is 10.9. The standard InChI is InChI=1S/C18H32O4/c1-17(2,15(19)20)13-11-9-7-5-6-8-10-12-14-18(3,4)16(21)22/h5-6H,7-14H2,1-4H3,(H,19,20)(H,21,22)/b6-5+. The molecule has 0 saturated heterocycles. The van der Waals surface area contributed by atoms with Crippen LogP contribution < -0.4 is 0 Å². The Morgan fingerprint density at radius 1 is 0.727 bits per heavy atom. The summed E-state index contributed by atoms with van der Waals surface area (Å²) in [7, 11) is 0. The van der Waals surface area contributed by atoms with Crippen LogP contribution >= 0.6 is 0 Å². The van der Waals surface area contributed by atoms with Gasteiger partial charge >= 0.3 is 11.9 Å². The molecule has 22 heavy (non-hydrogen) atoms. The number of hydrogen-bond donors (Lipinski definition) is 2. The van der Waals surface area contributed by atoms with Gasteiger partial charge in [0.2, 0.25) is 0 Å². The molecule has 4 heteroatoms. The average molecular weight is 312 g/mol. The molecule has 0 aliphatic heterocycles. The third-order valence-electron chi connectivity index (χ3n) is 4.17. The number of hydrogen-bond acceptors (Lipinski definition) is 2. The second-order valence-electron chi connectivity index (χ2n) is 7.34. The molecule has 0 aliphatic rings. The predicted octanol–water partition coefficient (Wildman–Crippen LogP) is 4.89. The topological polar surface area (TPSA) is 74.6 Å². The van der Waals surface area contributed by atoms with E-state index < -0.39 is 22.8 Å². The first-order valence-corrected chi connectivity index (χ1v) is 8.21. The fourth-order valence-electron chi connectivity index (χ4n) is 2.11. The molecule has 0 bridgehead atoms. The van der Waals surface area contributed by atoms with E-state index >= 15 is 0 Å². The van der Waals surface area contributed by atoms with Crippen molar-refractivity contribution in [2.75, 3.05) is 0 Å². The van der Waals surface area contributed by atoms with Crippen molar-refractivity contribution in [2.24, 2.45) is 10.8 Å². The van der Waals surface area contributed by atoms with Crippen LogP contribution in [0.25, 0.3) is 0 Å². The van der Waals surface area contributed by atoms with E-state index in [4.69, 9.17) is 10.2 Å². The lowest BCUT2D eigenvalue weighted by atomic mass is 9.87. The molecule has 0 atom stereocenters. The fourth-order valence-corrected chi connectivity index (χ4v) is 2.11. The highest BCUT2D eigenvalue weighted by molar-refractivity contribution is 5.73. The summed E-state index contributed by atoms with van der Waals surface area (Å²) in [6, 6.07) is 0. The van der Waals surface area contributed by atoms with Gasteiger partial charge in [-0.25, -0.2) is 0 Å². The van der Waals surface area contributed by atoms with E-state index in [1.165, 1.54) is 0 Å². The summed E-state index contributed by atoms with van der Waals surface area (Å²) in [4.78, 5) is 21.9. The van der Waals surface area contributed by atoms with Crippen LogP contribution in [0.2, 0.25) is 0 Å². The van der Waals surface area contributed by atoms with E-state index in [1.54, 1.807) is 27.7 Å². The van der Waals surface area contributed by atoms with E-state index in [9.17, 15) is 9.59 Å². The molecule has 0 rings (SSSR count). The van der Waals surface area contributed by atoms with Crippen molar-refractivity contribution in [3.63, 3.8) is 0 Å². The lowest BCUT2D eigenvalue weighted by molar-refractivity contribution is -0.148. The molecule has 0 radical (unpaired) electrons. The first-order chi connectivity index (χ1) is 10.1. The minimum Gasteiger partial charge on any atom is -0.481 e. The van der Waals surface area contributed by atoms with Gasteiger partial charge in [-0.2, -0.15) is 0 Å². The molecule has 0 aromatic rings. The molecule has 0 aromatic heterocycles. The van der Waals surface area contributed by atoms with Gasteiger partial charge in [-0.05, 0) is 66.2 Å². The average Bonchev–Trinajstić information content (AvgIpc) is 2.40. The number of aliphatic carboxylic acids is 2. The van der Waals surface area contributed by atoms with Gasteiger partial charge in [0.15, 0.2) is 0 Å². The Kier molecular flexibility index (Phi) is 9.07. The molecule has 0 saturated carbocycles. The van der Waals surface area contributed by atoms with Crippen molar-refractivity contribution in [1.82, 2.24) is 0 Å². The number of carboxylic acids is 2. The van der Waals surface area contributed by atoms with Crippen molar-refractivity contribution in [3.05, 3.63) is 12.2 Å². The van der Waals surface area contributed by atoms with Crippen LogP contribution in [0, 0.1) is 10.8 Å². The number of rotatable bonds is 12. The molecule has 4 nitrogen and oxygen atoms in total. The molecule has 2 N–H and O–H groups in total. The third-order valence-corrected chi connectivity index (χ3v) is 4.17. The summed E-state index contributed by atoms with van der Waals surface area (Å²) < 4.78 is 0. The molecule has 0 fully saturated rings. The van der Waals surface area contributed by atoms with Crippen LogP contribution in [0.5, 0.6) is 0 Å². The Morgan fingerprint density at radius 3 is 1.32 bits per heavy atom. The highest BCUT2D eigenvalue weighted by Gasteiger charge is 2.26. The summed E-state index contributed by atoms with van der Waals surface area (Å²) in [5, 5.41) is 18.0. The third kappa shape index (κ3) is 8.85. The van der Waals surface area contributed by atoms with E-state index in [0.29, 0.717) is 12.8 Å². The van der Waals surface area contributed by atoms with Crippen LogP contribution in [0.4, 0.5) is 0 Å². The largest absolute Gasteiger partial charge is 0.481 e. The van der Waals surface area contributed by atoms with Gasteiger partial charge < -0.3 is 10.2 Å². The molecule has 0 aromatic carbocycles. The normalized spacial score (nSPS) is 12.7. The van der Waals surface area contributed by atoms with Gasteiger partial charge in [0.05, 0.1) is 10.8 Å². The van der Waals surface area contributed by atoms with Crippen LogP contribution in [0.1, 0.15) is 79.1 Å². The number of carbonyl (C=O) groups is 2. The lowest BCUT2D eigenvalue weighted by Crippen LogP contribution is -2.23. The van der Waals surface area contributed by atoms with E-state index in [2.05, 4.69) is 12.2 Å².